The highest BCUT2D eigenvalue weighted by atomic mass is 15.0. The number of nitrogens with two attached hydrogens (primary N) is 1. The second-order valence-corrected chi connectivity index (χ2v) is 3.65. The molecular formula is C11H15N3. The number of imidazole rings is 1. The maximum absolute atomic E-state index is 5.68. The minimum Gasteiger partial charge on any atom is -0.330 e. The zero-order valence-electron chi connectivity index (χ0n) is 8.57. The predicted octanol–water partition coefficient (Wildman–Crippen LogP) is 1.70. The van der Waals surface area contributed by atoms with E-state index in [0.717, 1.165) is 11.3 Å². The molecule has 0 saturated heterocycles. The normalized spacial score (nSPS) is 13.4. The SMILES string of the molecule is Cc1nc2ccccn2c1C(C)CN. The Labute approximate surface area is 83.6 Å². The summed E-state index contributed by atoms with van der Waals surface area (Å²) in [6.45, 7) is 4.82. The highest BCUT2D eigenvalue weighted by molar-refractivity contribution is 5.43. The Bertz CT molecular complexity index is 445. The molecule has 2 aromatic rings. The summed E-state index contributed by atoms with van der Waals surface area (Å²) in [5.74, 6) is 0.354. The van der Waals surface area contributed by atoms with E-state index in [9.17, 15) is 0 Å². The summed E-state index contributed by atoms with van der Waals surface area (Å²) < 4.78 is 2.12. The monoisotopic (exact) mass is 189 g/mol. The van der Waals surface area contributed by atoms with Crippen molar-refractivity contribution in [1.82, 2.24) is 9.38 Å². The van der Waals surface area contributed by atoms with Crippen LogP contribution in [0.1, 0.15) is 24.2 Å². The van der Waals surface area contributed by atoms with E-state index < -0.39 is 0 Å². The quantitative estimate of drug-likeness (QED) is 0.781. The highest BCUT2D eigenvalue weighted by Gasteiger charge is 2.13. The van der Waals surface area contributed by atoms with Crippen LogP contribution in [0.4, 0.5) is 0 Å². The lowest BCUT2D eigenvalue weighted by Gasteiger charge is -2.09. The third-order valence-corrected chi connectivity index (χ3v) is 2.57. The number of nitrogens with zero attached hydrogens (tertiary/aromatic N) is 2. The van der Waals surface area contributed by atoms with Crippen LogP contribution in [-0.2, 0) is 0 Å². The fourth-order valence-corrected chi connectivity index (χ4v) is 1.84. The Balaban J connectivity index is 2.67. The molecule has 74 valence electrons. The first-order valence-corrected chi connectivity index (χ1v) is 4.87. The molecule has 0 spiro atoms. The molecule has 1 unspecified atom stereocenters. The molecule has 0 amide bonds. The van der Waals surface area contributed by atoms with E-state index in [-0.39, 0.29) is 0 Å². The van der Waals surface area contributed by atoms with Crippen LogP contribution in [0.25, 0.3) is 5.65 Å². The molecule has 0 bridgehead atoms. The molecule has 0 aliphatic heterocycles. The van der Waals surface area contributed by atoms with Crippen LogP contribution >= 0.6 is 0 Å². The molecule has 3 heteroatoms. The van der Waals surface area contributed by atoms with Gasteiger partial charge < -0.3 is 10.1 Å². The van der Waals surface area contributed by atoms with E-state index in [1.807, 2.05) is 31.3 Å². The maximum atomic E-state index is 5.68. The second kappa shape index (κ2) is 3.42. The second-order valence-electron chi connectivity index (χ2n) is 3.65. The first-order valence-electron chi connectivity index (χ1n) is 4.87. The van der Waals surface area contributed by atoms with E-state index in [1.54, 1.807) is 0 Å². The number of hydrogen-bond donors (Lipinski definition) is 1. The Kier molecular flexibility index (Phi) is 2.25. The Morgan fingerprint density at radius 3 is 3.00 bits per heavy atom. The van der Waals surface area contributed by atoms with E-state index in [0.29, 0.717) is 12.5 Å². The first kappa shape index (κ1) is 9.21. The van der Waals surface area contributed by atoms with Crippen LogP contribution in [0, 0.1) is 6.92 Å². The topological polar surface area (TPSA) is 43.3 Å². The lowest BCUT2D eigenvalue weighted by atomic mass is 10.1. The van der Waals surface area contributed by atoms with Gasteiger partial charge in [0.1, 0.15) is 5.65 Å². The Hall–Kier alpha value is -1.35. The summed E-state index contributed by atoms with van der Waals surface area (Å²) in [6, 6.07) is 6.03. The fourth-order valence-electron chi connectivity index (χ4n) is 1.84. The zero-order valence-corrected chi connectivity index (χ0v) is 8.57. The van der Waals surface area contributed by atoms with Crippen molar-refractivity contribution < 1.29 is 0 Å². The number of aryl methyl sites for hydroxylation is 1. The van der Waals surface area contributed by atoms with E-state index in [2.05, 4.69) is 16.3 Å². The van der Waals surface area contributed by atoms with Crippen LogP contribution in [-0.4, -0.2) is 15.9 Å². The standard InChI is InChI=1S/C11H15N3/c1-8(7-12)11-9(2)13-10-5-3-4-6-14(10)11/h3-6,8H,7,12H2,1-2H3. The number of hydrogen-bond acceptors (Lipinski definition) is 2. The van der Waals surface area contributed by atoms with Gasteiger partial charge in [0.15, 0.2) is 0 Å². The smallest absolute Gasteiger partial charge is 0.137 e. The minimum atomic E-state index is 0.354. The van der Waals surface area contributed by atoms with Gasteiger partial charge in [-0.2, -0.15) is 0 Å². The predicted molar refractivity (Wildman–Crippen MR) is 57.4 cm³/mol. The first-order chi connectivity index (χ1) is 6.74. The van der Waals surface area contributed by atoms with Gasteiger partial charge >= 0.3 is 0 Å². The summed E-state index contributed by atoms with van der Waals surface area (Å²) in [5, 5.41) is 0. The summed E-state index contributed by atoms with van der Waals surface area (Å²) in [6.07, 6.45) is 2.04. The average Bonchev–Trinajstić information content (AvgIpc) is 2.53. The van der Waals surface area contributed by atoms with Gasteiger partial charge in [0, 0.05) is 24.4 Å². The molecule has 0 fully saturated rings. The van der Waals surface area contributed by atoms with Crippen LogP contribution in [0.3, 0.4) is 0 Å². The number of fused-ring (bicyclic) bond motifs is 1. The van der Waals surface area contributed by atoms with E-state index in [4.69, 9.17) is 5.73 Å². The van der Waals surface area contributed by atoms with Gasteiger partial charge in [-0.25, -0.2) is 4.98 Å². The van der Waals surface area contributed by atoms with Crippen molar-refractivity contribution in [2.24, 2.45) is 5.73 Å². The van der Waals surface area contributed by atoms with E-state index >= 15 is 0 Å². The molecule has 0 aliphatic carbocycles. The molecule has 0 saturated carbocycles. The molecule has 2 rings (SSSR count). The minimum absolute atomic E-state index is 0.354. The molecule has 0 aromatic carbocycles. The molecule has 3 nitrogen and oxygen atoms in total. The molecule has 14 heavy (non-hydrogen) atoms. The largest absolute Gasteiger partial charge is 0.330 e. The zero-order chi connectivity index (χ0) is 10.1. The maximum Gasteiger partial charge on any atom is 0.137 e. The summed E-state index contributed by atoms with van der Waals surface area (Å²) in [7, 11) is 0. The Morgan fingerprint density at radius 1 is 1.50 bits per heavy atom. The number of pyridine rings is 1. The van der Waals surface area contributed by atoms with Crippen molar-refractivity contribution in [3.8, 4) is 0 Å². The van der Waals surface area contributed by atoms with Gasteiger partial charge in [-0.05, 0) is 19.1 Å². The van der Waals surface area contributed by atoms with Crippen molar-refractivity contribution in [3.05, 3.63) is 35.8 Å². The molecule has 2 aromatic heterocycles. The molecule has 1 atom stereocenters. The van der Waals surface area contributed by atoms with Gasteiger partial charge in [0.2, 0.25) is 0 Å². The average molecular weight is 189 g/mol. The molecule has 2 N–H and O–H groups in total. The highest BCUT2D eigenvalue weighted by Crippen LogP contribution is 2.19. The fraction of sp³-hybridized carbons (Fsp3) is 0.364. The van der Waals surface area contributed by atoms with Crippen molar-refractivity contribution in [3.63, 3.8) is 0 Å². The van der Waals surface area contributed by atoms with Crippen molar-refractivity contribution in [1.29, 1.82) is 0 Å². The van der Waals surface area contributed by atoms with Crippen LogP contribution in [0.5, 0.6) is 0 Å². The van der Waals surface area contributed by atoms with Crippen molar-refractivity contribution >= 4 is 5.65 Å². The third-order valence-electron chi connectivity index (χ3n) is 2.57. The van der Waals surface area contributed by atoms with Gasteiger partial charge in [-0.1, -0.05) is 13.0 Å². The van der Waals surface area contributed by atoms with Crippen LogP contribution < -0.4 is 5.73 Å². The Morgan fingerprint density at radius 2 is 2.29 bits per heavy atom. The van der Waals surface area contributed by atoms with Crippen LogP contribution in [0.2, 0.25) is 0 Å². The van der Waals surface area contributed by atoms with Crippen LogP contribution in [0.15, 0.2) is 24.4 Å². The molecule has 0 aliphatic rings. The van der Waals surface area contributed by atoms with E-state index in [1.165, 1.54) is 5.69 Å². The number of rotatable bonds is 2. The van der Waals surface area contributed by atoms with Gasteiger partial charge in [-0.3, -0.25) is 0 Å². The number of aromatic nitrogens is 2. The lowest BCUT2D eigenvalue weighted by Crippen LogP contribution is -2.11. The summed E-state index contributed by atoms with van der Waals surface area (Å²) in [5.41, 5.74) is 8.99. The van der Waals surface area contributed by atoms with Crippen molar-refractivity contribution in [2.75, 3.05) is 6.54 Å². The molecular weight excluding hydrogens is 174 g/mol. The molecule has 2 heterocycles. The summed E-state index contributed by atoms with van der Waals surface area (Å²) in [4.78, 5) is 4.49. The third kappa shape index (κ3) is 1.30. The summed E-state index contributed by atoms with van der Waals surface area (Å²) >= 11 is 0. The van der Waals surface area contributed by atoms with Gasteiger partial charge in [-0.15, -0.1) is 0 Å². The van der Waals surface area contributed by atoms with Crippen molar-refractivity contribution in [2.45, 2.75) is 19.8 Å². The molecule has 0 radical (unpaired) electrons. The van der Waals surface area contributed by atoms with Gasteiger partial charge in [0.05, 0.1) is 5.69 Å². The lowest BCUT2D eigenvalue weighted by molar-refractivity contribution is 0.729. The van der Waals surface area contributed by atoms with Gasteiger partial charge in [0.25, 0.3) is 0 Å².